The molecule has 0 spiro atoms. The van der Waals surface area contributed by atoms with Crippen LogP contribution < -0.4 is 0 Å². The Morgan fingerprint density at radius 2 is 2.00 bits per heavy atom. The molecule has 0 aromatic heterocycles. The van der Waals surface area contributed by atoms with Crippen molar-refractivity contribution in [1.29, 1.82) is 0 Å². The van der Waals surface area contributed by atoms with E-state index < -0.39 is 0 Å². The molecule has 3 aliphatic rings. The number of carbonyl (C=O) groups excluding carboxylic acids is 2. The zero-order valence-corrected chi connectivity index (χ0v) is 12.9. The van der Waals surface area contributed by atoms with Crippen molar-refractivity contribution in [3.63, 3.8) is 0 Å². The van der Waals surface area contributed by atoms with E-state index in [1.54, 1.807) is 0 Å². The van der Waals surface area contributed by atoms with Crippen molar-refractivity contribution in [2.24, 2.45) is 17.8 Å². The first-order valence-electron chi connectivity index (χ1n) is 8.33. The lowest BCUT2D eigenvalue weighted by Gasteiger charge is -2.36. The van der Waals surface area contributed by atoms with Crippen LogP contribution >= 0.6 is 0 Å². The minimum absolute atomic E-state index is 0.125. The van der Waals surface area contributed by atoms with Gasteiger partial charge in [-0.15, -0.1) is 0 Å². The van der Waals surface area contributed by atoms with Crippen molar-refractivity contribution in [1.82, 2.24) is 9.80 Å². The molecular formula is C16H26N2O3. The Balaban J connectivity index is 1.55. The molecule has 1 amide bonds. The van der Waals surface area contributed by atoms with Crippen molar-refractivity contribution < 1.29 is 14.3 Å². The Hall–Kier alpha value is -1.10. The van der Waals surface area contributed by atoms with E-state index in [0.717, 1.165) is 26.1 Å². The highest BCUT2D eigenvalue weighted by Crippen LogP contribution is 2.27. The minimum Gasteiger partial charge on any atom is -0.465 e. The second-order valence-electron chi connectivity index (χ2n) is 6.83. The summed E-state index contributed by atoms with van der Waals surface area (Å²) >= 11 is 0. The van der Waals surface area contributed by atoms with Gasteiger partial charge in [0.25, 0.3) is 0 Å². The molecule has 0 aliphatic carbocycles. The average Bonchev–Trinajstić information content (AvgIpc) is 3.10. The molecule has 5 nitrogen and oxygen atoms in total. The van der Waals surface area contributed by atoms with Crippen LogP contribution in [0.3, 0.4) is 0 Å². The highest BCUT2D eigenvalue weighted by molar-refractivity contribution is 5.87. The fraction of sp³-hybridized carbons (Fsp3) is 0.875. The van der Waals surface area contributed by atoms with Gasteiger partial charge in [0.15, 0.2) is 0 Å². The Kier molecular flexibility index (Phi) is 4.48. The van der Waals surface area contributed by atoms with Gasteiger partial charge in [0.05, 0.1) is 11.8 Å². The molecular weight excluding hydrogens is 268 g/mol. The molecule has 0 aromatic rings. The molecule has 118 valence electrons. The van der Waals surface area contributed by atoms with E-state index in [4.69, 9.17) is 4.74 Å². The second kappa shape index (κ2) is 6.34. The quantitative estimate of drug-likeness (QED) is 0.732. The zero-order chi connectivity index (χ0) is 14.8. The molecule has 0 unspecified atom stereocenters. The number of piperidine rings is 1. The third-order valence-electron chi connectivity index (χ3n) is 5.24. The van der Waals surface area contributed by atoms with E-state index in [1.165, 1.54) is 32.4 Å². The summed E-state index contributed by atoms with van der Waals surface area (Å²) in [6.07, 6.45) is 4.93. The molecule has 3 atom stereocenters. The average molecular weight is 294 g/mol. The van der Waals surface area contributed by atoms with Crippen molar-refractivity contribution >= 4 is 11.9 Å². The van der Waals surface area contributed by atoms with E-state index in [0.29, 0.717) is 5.92 Å². The van der Waals surface area contributed by atoms with Gasteiger partial charge in [-0.1, -0.05) is 6.92 Å². The molecule has 3 saturated heterocycles. The summed E-state index contributed by atoms with van der Waals surface area (Å²) in [5, 5.41) is 0. The van der Waals surface area contributed by atoms with Crippen LogP contribution in [-0.4, -0.2) is 61.0 Å². The molecule has 0 radical (unpaired) electrons. The maximum absolute atomic E-state index is 12.6. The number of amides is 1. The Morgan fingerprint density at radius 3 is 2.67 bits per heavy atom. The van der Waals surface area contributed by atoms with E-state index in [9.17, 15) is 9.59 Å². The van der Waals surface area contributed by atoms with Gasteiger partial charge in [-0.2, -0.15) is 0 Å². The largest absolute Gasteiger partial charge is 0.465 e. The summed E-state index contributed by atoms with van der Waals surface area (Å²) < 4.78 is 5.03. The van der Waals surface area contributed by atoms with Gasteiger partial charge < -0.3 is 14.5 Å². The Morgan fingerprint density at radius 1 is 1.24 bits per heavy atom. The molecule has 0 N–H and O–H groups in total. The van der Waals surface area contributed by atoms with Crippen molar-refractivity contribution in [2.45, 2.75) is 32.6 Å². The van der Waals surface area contributed by atoms with E-state index >= 15 is 0 Å². The predicted molar refractivity (Wildman–Crippen MR) is 78.6 cm³/mol. The topological polar surface area (TPSA) is 49.9 Å². The molecule has 3 fully saturated rings. The molecule has 0 saturated carbocycles. The first-order valence-corrected chi connectivity index (χ1v) is 8.33. The third kappa shape index (κ3) is 3.23. The molecule has 5 heteroatoms. The van der Waals surface area contributed by atoms with Crippen molar-refractivity contribution in [3.8, 4) is 0 Å². The fourth-order valence-electron chi connectivity index (χ4n) is 3.88. The Labute approximate surface area is 126 Å². The van der Waals surface area contributed by atoms with Gasteiger partial charge in [-0.25, -0.2) is 0 Å². The van der Waals surface area contributed by atoms with Crippen LogP contribution in [0.1, 0.15) is 32.6 Å². The van der Waals surface area contributed by atoms with E-state index in [-0.39, 0.29) is 30.3 Å². The van der Waals surface area contributed by atoms with Crippen LogP contribution in [0.25, 0.3) is 0 Å². The highest BCUT2D eigenvalue weighted by Gasteiger charge is 2.41. The number of likely N-dealkylation sites (tertiary alicyclic amines) is 2. The van der Waals surface area contributed by atoms with Gasteiger partial charge in [0.2, 0.25) is 5.91 Å². The molecule has 0 aromatic carbocycles. The Bertz CT molecular complexity index is 406. The second-order valence-corrected chi connectivity index (χ2v) is 6.83. The number of ether oxygens (including phenoxy) is 1. The maximum atomic E-state index is 12.6. The van der Waals surface area contributed by atoms with Gasteiger partial charge in [-0.05, 0) is 44.7 Å². The van der Waals surface area contributed by atoms with Crippen LogP contribution in [-0.2, 0) is 14.3 Å². The molecule has 21 heavy (non-hydrogen) atoms. The summed E-state index contributed by atoms with van der Waals surface area (Å²) in [6, 6.07) is 0. The van der Waals surface area contributed by atoms with Gasteiger partial charge in [0.1, 0.15) is 6.61 Å². The maximum Gasteiger partial charge on any atom is 0.309 e. The lowest BCUT2D eigenvalue weighted by atomic mass is 9.92. The number of hydrogen-bond donors (Lipinski definition) is 0. The lowest BCUT2D eigenvalue weighted by Crippen LogP contribution is -2.46. The molecule has 3 aliphatic heterocycles. The first-order chi connectivity index (χ1) is 10.1. The monoisotopic (exact) mass is 294 g/mol. The van der Waals surface area contributed by atoms with E-state index in [2.05, 4.69) is 4.90 Å². The SMILES string of the molecule is C[C@@H]1C(=O)OC[C@@H]1C(=O)N1CCC[C@H](CN2CCCC2)C1. The van der Waals surface area contributed by atoms with Crippen molar-refractivity contribution in [2.75, 3.05) is 39.3 Å². The number of cyclic esters (lactones) is 1. The van der Waals surface area contributed by atoms with Crippen LogP contribution in [0.15, 0.2) is 0 Å². The normalized spacial score (nSPS) is 34.2. The van der Waals surface area contributed by atoms with Gasteiger partial charge >= 0.3 is 5.97 Å². The van der Waals surface area contributed by atoms with Crippen molar-refractivity contribution in [3.05, 3.63) is 0 Å². The fourth-order valence-corrected chi connectivity index (χ4v) is 3.88. The summed E-state index contributed by atoms with van der Waals surface area (Å²) in [6.45, 7) is 7.33. The highest BCUT2D eigenvalue weighted by atomic mass is 16.5. The number of nitrogens with zero attached hydrogens (tertiary/aromatic N) is 2. The smallest absolute Gasteiger partial charge is 0.309 e. The minimum atomic E-state index is -0.281. The standard InChI is InChI=1S/C16H26N2O3/c1-12-14(11-21-16(12)20)15(19)18-8-4-5-13(10-18)9-17-6-2-3-7-17/h12-14H,2-11H2,1H3/t12-,13+,14-/m0/s1. The number of rotatable bonds is 3. The van der Waals surface area contributed by atoms with Gasteiger partial charge in [0, 0.05) is 19.6 Å². The van der Waals surface area contributed by atoms with Gasteiger partial charge in [-0.3, -0.25) is 9.59 Å². The first kappa shape index (κ1) is 14.8. The number of carbonyl (C=O) groups is 2. The molecule has 3 heterocycles. The summed E-state index contributed by atoms with van der Waals surface area (Å²) in [5.41, 5.74) is 0. The molecule has 3 rings (SSSR count). The number of esters is 1. The number of hydrogen-bond acceptors (Lipinski definition) is 4. The van der Waals surface area contributed by atoms with Crippen LogP contribution in [0.5, 0.6) is 0 Å². The lowest BCUT2D eigenvalue weighted by molar-refractivity contribution is -0.142. The van der Waals surface area contributed by atoms with Crippen LogP contribution in [0, 0.1) is 17.8 Å². The summed E-state index contributed by atoms with van der Waals surface area (Å²) in [5.74, 6) is -0.0490. The molecule has 0 bridgehead atoms. The van der Waals surface area contributed by atoms with Crippen LogP contribution in [0.2, 0.25) is 0 Å². The zero-order valence-electron chi connectivity index (χ0n) is 12.9. The van der Waals surface area contributed by atoms with Crippen LogP contribution in [0.4, 0.5) is 0 Å². The summed E-state index contributed by atoms with van der Waals surface area (Å²) in [4.78, 5) is 28.6. The van der Waals surface area contributed by atoms with E-state index in [1.807, 2.05) is 11.8 Å². The third-order valence-corrected chi connectivity index (χ3v) is 5.24. The summed E-state index contributed by atoms with van der Waals surface area (Å²) in [7, 11) is 0. The predicted octanol–water partition coefficient (Wildman–Crippen LogP) is 1.13.